The van der Waals surface area contributed by atoms with Crippen molar-refractivity contribution in [1.82, 2.24) is 9.47 Å². The van der Waals surface area contributed by atoms with Gasteiger partial charge in [0.1, 0.15) is 18.1 Å². The second-order valence-electron chi connectivity index (χ2n) is 7.58. The first kappa shape index (κ1) is 18.1. The summed E-state index contributed by atoms with van der Waals surface area (Å²) in [5.74, 6) is -3.01. The minimum atomic E-state index is -1.50. The van der Waals surface area contributed by atoms with Crippen LogP contribution in [0.1, 0.15) is 24.3 Å². The van der Waals surface area contributed by atoms with Crippen LogP contribution in [0.3, 0.4) is 0 Å². The van der Waals surface area contributed by atoms with E-state index in [-0.39, 0.29) is 0 Å². The molecule has 0 bridgehead atoms. The summed E-state index contributed by atoms with van der Waals surface area (Å²) in [6.45, 7) is 3.52. The number of aromatic nitrogens is 1. The van der Waals surface area contributed by atoms with Crippen molar-refractivity contribution in [2.75, 3.05) is 0 Å². The van der Waals surface area contributed by atoms with Gasteiger partial charge in [-0.3, -0.25) is 9.59 Å². The Balaban J connectivity index is 1.63. The number of Topliss-reactive ketones (excluding diaryl/α,β-unsaturated/α-hetero) is 1. The monoisotopic (exact) mass is 388 g/mol. The van der Waals surface area contributed by atoms with Crippen molar-refractivity contribution in [3.8, 4) is 0 Å². The lowest BCUT2D eigenvalue weighted by atomic mass is 9.85. The topological polar surface area (TPSA) is 99.8 Å². The van der Waals surface area contributed by atoms with Crippen molar-refractivity contribution in [3.63, 3.8) is 0 Å². The Morgan fingerprint density at radius 3 is 2.56 bits per heavy atom. The number of thioether (sulfide) groups is 1. The summed E-state index contributed by atoms with van der Waals surface area (Å²) in [5, 5.41) is 20.5. The number of benzene rings is 1. The zero-order chi connectivity index (χ0) is 19.7. The van der Waals surface area contributed by atoms with Crippen LogP contribution in [-0.4, -0.2) is 59.6 Å². The third-order valence-electron chi connectivity index (χ3n) is 5.53. The average Bonchev–Trinajstić information content (AvgIpc) is 3.06. The number of carboxylic acid groups (broad SMARTS) is 1. The Labute approximate surface area is 159 Å². The molecule has 142 valence electrons. The molecular weight excluding hydrogens is 368 g/mol. The lowest BCUT2D eigenvalue weighted by molar-refractivity contribution is -0.167. The number of rotatable bonds is 4. The number of hydrogen-bond acceptors (Lipinski definition) is 5. The van der Waals surface area contributed by atoms with Crippen LogP contribution in [0, 0.1) is 5.92 Å². The quantitative estimate of drug-likeness (QED) is 0.608. The fourth-order valence-electron chi connectivity index (χ4n) is 4.17. The number of aryl methyl sites for hydroxylation is 1. The molecule has 0 saturated carbocycles. The van der Waals surface area contributed by atoms with Gasteiger partial charge >= 0.3 is 5.97 Å². The van der Waals surface area contributed by atoms with Gasteiger partial charge in [0.25, 0.3) is 0 Å². The Kier molecular flexibility index (Phi) is 3.91. The van der Waals surface area contributed by atoms with Crippen LogP contribution in [0.2, 0.25) is 0 Å². The number of nitrogens with zero attached hydrogens (tertiary/aromatic N) is 2. The van der Waals surface area contributed by atoms with Crippen molar-refractivity contribution in [2.24, 2.45) is 13.0 Å². The van der Waals surface area contributed by atoms with Crippen molar-refractivity contribution in [3.05, 3.63) is 36.0 Å². The number of carbonyl (C=O) groups excluding carboxylic acids is 2. The van der Waals surface area contributed by atoms with Gasteiger partial charge in [-0.1, -0.05) is 18.2 Å². The lowest BCUT2D eigenvalue weighted by Gasteiger charge is -2.45. The van der Waals surface area contributed by atoms with Gasteiger partial charge in [-0.05, 0) is 26.0 Å². The minimum Gasteiger partial charge on any atom is -0.480 e. The number of aliphatic carboxylic acids is 1. The fourth-order valence-corrected chi connectivity index (χ4v) is 5.89. The predicted octanol–water partition coefficient (Wildman–Crippen LogP) is 1.48. The molecular formula is C19H20N2O5S. The average molecular weight is 388 g/mol. The minimum absolute atomic E-state index is 0.326. The van der Waals surface area contributed by atoms with Crippen LogP contribution >= 0.6 is 11.8 Å². The van der Waals surface area contributed by atoms with Crippen molar-refractivity contribution >= 4 is 40.3 Å². The van der Waals surface area contributed by atoms with Gasteiger partial charge in [0.2, 0.25) is 11.7 Å². The molecule has 0 aliphatic carbocycles. The van der Waals surface area contributed by atoms with Crippen LogP contribution in [-0.2, 0) is 16.6 Å². The van der Waals surface area contributed by atoms with Crippen molar-refractivity contribution in [1.29, 1.82) is 0 Å². The molecule has 2 saturated heterocycles. The summed E-state index contributed by atoms with van der Waals surface area (Å²) in [7, 11) is 1.74. The van der Waals surface area contributed by atoms with E-state index in [0.717, 1.165) is 10.9 Å². The maximum atomic E-state index is 12.9. The van der Waals surface area contributed by atoms with Gasteiger partial charge in [0.05, 0.1) is 11.1 Å². The maximum absolute atomic E-state index is 12.9. The molecule has 2 N–H and O–H groups in total. The number of amides is 1. The normalized spacial score (nSPS) is 27.3. The predicted molar refractivity (Wildman–Crippen MR) is 100 cm³/mol. The number of fused-ring (bicyclic) bond motifs is 2. The molecule has 3 heterocycles. The highest BCUT2D eigenvalue weighted by Gasteiger charge is 2.66. The van der Waals surface area contributed by atoms with Gasteiger partial charge in [-0.2, -0.15) is 0 Å². The van der Waals surface area contributed by atoms with Gasteiger partial charge < -0.3 is 19.7 Å². The van der Waals surface area contributed by atoms with Crippen LogP contribution in [0.25, 0.3) is 10.9 Å². The SMILES string of the molecule is Cn1c(C(=O)[C@@H](O)[C@@H]2C(=O)N3[C@@H]2SC(C)(C)[C@@H]3C(=O)O)cc2ccccc21. The summed E-state index contributed by atoms with van der Waals surface area (Å²) in [6.07, 6.45) is -1.50. The molecule has 0 spiro atoms. The van der Waals surface area contributed by atoms with E-state index in [0.29, 0.717) is 5.69 Å². The highest BCUT2D eigenvalue weighted by molar-refractivity contribution is 8.01. The van der Waals surface area contributed by atoms with Gasteiger partial charge in [0.15, 0.2) is 0 Å². The number of ketones is 1. The van der Waals surface area contributed by atoms with E-state index < -0.39 is 45.8 Å². The Bertz CT molecular complexity index is 982. The molecule has 8 heteroatoms. The van der Waals surface area contributed by atoms with Crippen LogP contribution in [0.4, 0.5) is 0 Å². The molecule has 2 aliphatic rings. The van der Waals surface area contributed by atoms with Crippen LogP contribution < -0.4 is 0 Å². The molecule has 4 atom stereocenters. The number of aliphatic hydroxyl groups excluding tert-OH is 1. The molecule has 27 heavy (non-hydrogen) atoms. The fraction of sp³-hybridized carbons (Fsp3) is 0.421. The van der Waals surface area contributed by atoms with Crippen molar-refractivity contribution < 1.29 is 24.6 Å². The third-order valence-corrected chi connectivity index (χ3v) is 7.12. The second-order valence-corrected chi connectivity index (χ2v) is 9.35. The number of carboxylic acids is 1. The lowest BCUT2D eigenvalue weighted by Crippen LogP contribution is -2.66. The second kappa shape index (κ2) is 5.84. The number of carbonyl (C=O) groups is 3. The number of hydrogen-bond donors (Lipinski definition) is 2. The van der Waals surface area contributed by atoms with E-state index in [1.165, 1.54) is 16.7 Å². The van der Waals surface area contributed by atoms with Crippen LogP contribution in [0.5, 0.6) is 0 Å². The van der Waals surface area contributed by atoms with Gasteiger partial charge in [-0.25, -0.2) is 4.79 Å². The Hall–Kier alpha value is -2.32. The molecule has 1 aromatic carbocycles. The summed E-state index contributed by atoms with van der Waals surface area (Å²) >= 11 is 1.32. The largest absolute Gasteiger partial charge is 0.480 e. The summed E-state index contributed by atoms with van der Waals surface area (Å²) in [4.78, 5) is 38.4. The first-order chi connectivity index (χ1) is 12.6. The first-order valence-electron chi connectivity index (χ1n) is 8.64. The summed E-state index contributed by atoms with van der Waals surface area (Å²) in [5.41, 5.74) is 1.18. The summed E-state index contributed by atoms with van der Waals surface area (Å²) in [6, 6.07) is 8.22. The molecule has 2 aliphatic heterocycles. The molecule has 0 radical (unpaired) electrons. The molecule has 2 aromatic rings. The summed E-state index contributed by atoms with van der Waals surface area (Å²) < 4.78 is 1.01. The number of β-lactam (4-membered cyclic amide) rings is 1. The van der Waals surface area contributed by atoms with Gasteiger partial charge in [0, 0.05) is 22.7 Å². The zero-order valence-corrected chi connectivity index (χ0v) is 15.9. The highest BCUT2D eigenvalue weighted by Crippen LogP contribution is 2.54. The van der Waals surface area contributed by atoms with E-state index in [2.05, 4.69) is 0 Å². The van der Waals surface area contributed by atoms with E-state index >= 15 is 0 Å². The number of para-hydroxylation sites is 1. The third kappa shape index (κ3) is 2.43. The number of aliphatic hydroxyl groups is 1. The molecule has 7 nitrogen and oxygen atoms in total. The smallest absolute Gasteiger partial charge is 0.327 e. The van der Waals surface area contributed by atoms with Crippen molar-refractivity contribution in [2.45, 2.75) is 36.1 Å². The molecule has 4 rings (SSSR count). The molecule has 1 amide bonds. The first-order valence-corrected chi connectivity index (χ1v) is 9.52. The van der Waals surface area contributed by atoms with E-state index in [1.54, 1.807) is 31.5 Å². The van der Waals surface area contributed by atoms with E-state index in [9.17, 15) is 24.6 Å². The molecule has 1 aromatic heterocycles. The Morgan fingerprint density at radius 1 is 1.26 bits per heavy atom. The molecule has 2 fully saturated rings. The standard InChI is InChI=1S/C19H20N2O5S/c1-19(2)15(18(25)26)21-16(24)12(17(21)27-19)14(23)13(22)11-8-9-6-4-5-7-10(9)20(11)3/h4-8,12,14-15,17,23H,1-3H3,(H,25,26)/t12-,14+,15+,17-/m1/s1. The highest BCUT2D eigenvalue weighted by atomic mass is 32.2. The van der Waals surface area contributed by atoms with Crippen LogP contribution in [0.15, 0.2) is 30.3 Å². The van der Waals surface area contributed by atoms with E-state index in [1.807, 2.05) is 24.3 Å². The Morgan fingerprint density at radius 2 is 1.93 bits per heavy atom. The maximum Gasteiger partial charge on any atom is 0.327 e. The van der Waals surface area contributed by atoms with Gasteiger partial charge in [-0.15, -0.1) is 11.8 Å². The van der Waals surface area contributed by atoms with E-state index in [4.69, 9.17) is 0 Å². The zero-order valence-electron chi connectivity index (χ0n) is 15.1. The molecule has 0 unspecified atom stereocenters.